The summed E-state index contributed by atoms with van der Waals surface area (Å²) in [6.07, 6.45) is -3.20. The Hall–Kier alpha value is -1.30. The molecule has 1 aromatic heterocycles. The Morgan fingerprint density at radius 3 is 2.50 bits per heavy atom. The van der Waals surface area contributed by atoms with Crippen molar-refractivity contribution in [3.8, 4) is 6.07 Å². The first-order chi connectivity index (χ1) is 7.27. The van der Waals surface area contributed by atoms with E-state index in [4.69, 9.17) is 22.0 Å². The second-order valence-electron chi connectivity index (χ2n) is 2.66. The summed E-state index contributed by atoms with van der Waals surface area (Å²) in [5, 5.41) is 12.6. The lowest BCUT2D eigenvalue weighted by Crippen LogP contribution is -2.17. The molecule has 1 aromatic rings. The molecule has 0 spiro atoms. The van der Waals surface area contributed by atoms with Crippen LogP contribution < -0.4 is 5.14 Å². The molecule has 0 aliphatic heterocycles. The van der Waals surface area contributed by atoms with Gasteiger partial charge in [-0.15, -0.1) is 0 Å². The van der Waals surface area contributed by atoms with Gasteiger partial charge in [-0.05, 0) is 6.07 Å². The number of hydrogen-bond donors (Lipinski definition) is 1. The van der Waals surface area contributed by atoms with Crippen LogP contribution in [0.5, 0.6) is 0 Å². The van der Waals surface area contributed by atoms with Gasteiger partial charge in [0.25, 0.3) is 6.43 Å². The van der Waals surface area contributed by atoms with Crippen LogP contribution in [0.4, 0.5) is 8.78 Å². The van der Waals surface area contributed by atoms with Crippen LogP contribution in [0.15, 0.2) is 11.0 Å². The molecule has 0 radical (unpaired) electrons. The quantitative estimate of drug-likeness (QED) is 0.870. The lowest BCUT2D eigenvalue weighted by molar-refractivity contribution is 0.142. The van der Waals surface area contributed by atoms with Crippen molar-refractivity contribution < 1.29 is 17.2 Å². The van der Waals surface area contributed by atoms with Gasteiger partial charge >= 0.3 is 0 Å². The van der Waals surface area contributed by atoms with E-state index in [-0.39, 0.29) is 0 Å². The minimum Gasteiger partial charge on any atom is -0.235 e. The summed E-state index contributed by atoms with van der Waals surface area (Å²) in [4.78, 5) is 2.21. The number of pyridine rings is 1. The van der Waals surface area contributed by atoms with Crippen molar-refractivity contribution >= 4 is 21.6 Å². The van der Waals surface area contributed by atoms with E-state index in [1.165, 1.54) is 6.07 Å². The van der Waals surface area contributed by atoms with Crippen LogP contribution >= 0.6 is 11.6 Å². The standard InChI is InChI=1S/C7H4ClF2N3O2S/c8-4-1-3(2-11)13-5(7(9)10)6(4)16(12,14)15/h1,7H,(H2,12,14,15). The van der Waals surface area contributed by atoms with E-state index in [0.717, 1.165) is 6.07 Å². The third-order valence-electron chi connectivity index (χ3n) is 1.56. The van der Waals surface area contributed by atoms with Crippen LogP contribution in [-0.4, -0.2) is 13.4 Å². The van der Waals surface area contributed by atoms with Gasteiger partial charge in [-0.3, -0.25) is 0 Å². The van der Waals surface area contributed by atoms with Gasteiger partial charge in [0, 0.05) is 0 Å². The summed E-state index contributed by atoms with van der Waals surface area (Å²) in [6, 6.07) is 2.33. The van der Waals surface area contributed by atoms with Crippen molar-refractivity contribution in [3.05, 3.63) is 22.5 Å². The van der Waals surface area contributed by atoms with Crippen LogP contribution in [-0.2, 0) is 10.0 Å². The van der Waals surface area contributed by atoms with E-state index >= 15 is 0 Å². The van der Waals surface area contributed by atoms with Gasteiger partial charge in [0.15, 0.2) is 0 Å². The van der Waals surface area contributed by atoms with E-state index in [9.17, 15) is 17.2 Å². The second kappa shape index (κ2) is 4.29. The Morgan fingerprint density at radius 2 is 2.12 bits per heavy atom. The number of rotatable bonds is 2. The molecule has 0 fully saturated rings. The first-order valence-electron chi connectivity index (χ1n) is 3.69. The Morgan fingerprint density at radius 1 is 1.56 bits per heavy atom. The number of nitrogens with two attached hydrogens (primary N) is 1. The molecule has 0 saturated heterocycles. The Bertz CT molecular complexity index is 568. The molecule has 0 aliphatic rings. The largest absolute Gasteiger partial charge is 0.281 e. The molecule has 0 saturated carbocycles. The fourth-order valence-electron chi connectivity index (χ4n) is 1.01. The summed E-state index contributed by atoms with van der Waals surface area (Å²) in [6.45, 7) is 0. The minimum absolute atomic E-state index is 0.410. The predicted octanol–water partition coefficient (Wildman–Crippen LogP) is 1.19. The van der Waals surface area contributed by atoms with Crippen LogP contribution in [0.2, 0.25) is 5.02 Å². The summed E-state index contributed by atoms with van der Waals surface area (Å²) in [5.74, 6) is 0. The molecule has 1 rings (SSSR count). The zero-order valence-corrected chi connectivity index (χ0v) is 9.06. The number of aromatic nitrogens is 1. The highest BCUT2D eigenvalue weighted by molar-refractivity contribution is 7.89. The summed E-state index contributed by atoms with van der Waals surface area (Å²) >= 11 is 5.46. The molecule has 5 nitrogen and oxygen atoms in total. The number of halogens is 3. The van der Waals surface area contributed by atoms with Crippen LogP contribution in [0.25, 0.3) is 0 Å². The summed E-state index contributed by atoms with van der Waals surface area (Å²) in [5.41, 5.74) is -1.53. The summed E-state index contributed by atoms with van der Waals surface area (Å²) in [7, 11) is -4.42. The molecule has 0 amide bonds. The molecule has 0 bridgehead atoms. The van der Waals surface area contributed by atoms with Gasteiger partial charge in [0.2, 0.25) is 10.0 Å². The lowest BCUT2D eigenvalue weighted by atomic mass is 10.3. The molecular weight excluding hydrogens is 264 g/mol. The molecule has 0 aromatic carbocycles. The molecule has 0 atom stereocenters. The first-order valence-corrected chi connectivity index (χ1v) is 5.61. The van der Waals surface area contributed by atoms with Gasteiger partial charge in [0.05, 0.1) is 5.02 Å². The number of nitrogens with zero attached hydrogens (tertiary/aromatic N) is 2. The van der Waals surface area contributed by atoms with Crippen molar-refractivity contribution in [1.82, 2.24) is 4.98 Å². The van der Waals surface area contributed by atoms with Gasteiger partial charge in [-0.1, -0.05) is 11.6 Å². The monoisotopic (exact) mass is 267 g/mol. The number of sulfonamides is 1. The smallest absolute Gasteiger partial charge is 0.235 e. The second-order valence-corrected chi connectivity index (χ2v) is 4.57. The van der Waals surface area contributed by atoms with Crippen LogP contribution in [0, 0.1) is 11.3 Å². The Balaban J connectivity index is 3.68. The van der Waals surface area contributed by atoms with Crippen LogP contribution in [0.1, 0.15) is 17.8 Å². The number of nitriles is 1. The minimum atomic E-state index is -4.42. The maximum atomic E-state index is 12.5. The van der Waals surface area contributed by atoms with E-state index in [1.807, 2.05) is 0 Å². The fraction of sp³-hybridized carbons (Fsp3) is 0.143. The third kappa shape index (κ3) is 2.44. The fourth-order valence-corrected chi connectivity index (χ4v) is 2.29. The zero-order chi connectivity index (χ0) is 12.5. The SMILES string of the molecule is N#Cc1cc(Cl)c(S(N)(=O)=O)c(C(F)F)n1. The molecule has 1 heterocycles. The molecule has 2 N–H and O–H groups in total. The van der Waals surface area contributed by atoms with Crippen molar-refractivity contribution in [1.29, 1.82) is 5.26 Å². The van der Waals surface area contributed by atoms with E-state index in [2.05, 4.69) is 4.98 Å². The van der Waals surface area contributed by atoms with Gasteiger partial charge in [-0.2, -0.15) is 5.26 Å². The maximum Gasteiger partial charge on any atom is 0.281 e. The zero-order valence-electron chi connectivity index (χ0n) is 7.49. The van der Waals surface area contributed by atoms with E-state index < -0.39 is 37.8 Å². The van der Waals surface area contributed by atoms with Gasteiger partial charge in [-0.25, -0.2) is 27.3 Å². The van der Waals surface area contributed by atoms with Crippen molar-refractivity contribution in [2.45, 2.75) is 11.3 Å². The highest BCUT2D eigenvalue weighted by atomic mass is 35.5. The topological polar surface area (TPSA) is 96.8 Å². The highest BCUT2D eigenvalue weighted by Gasteiger charge is 2.26. The first kappa shape index (κ1) is 12.8. The summed E-state index contributed by atoms with van der Waals surface area (Å²) < 4.78 is 47.0. The number of alkyl halides is 2. The Labute approximate surface area is 94.5 Å². The number of hydrogen-bond acceptors (Lipinski definition) is 4. The van der Waals surface area contributed by atoms with Crippen molar-refractivity contribution in [3.63, 3.8) is 0 Å². The van der Waals surface area contributed by atoms with E-state index in [1.54, 1.807) is 0 Å². The molecule has 0 unspecified atom stereocenters. The lowest BCUT2D eigenvalue weighted by Gasteiger charge is -2.07. The number of primary sulfonamides is 1. The predicted molar refractivity (Wildman–Crippen MR) is 50.3 cm³/mol. The van der Waals surface area contributed by atoms with Crippen molar-refractivity contribution in [2.24, 2.45) is 5.14 Å². The molecular formula is C7H4ClF2N3O2S. The average Bonchev–Trinajstić information content (AvgIpc) is 2.14. The molecule has 0 aliphatic carbocycles. The molecule has 86 valence electrons. The van der Waals surface area contributed by atoms with E-state index in [0.29, 0.717) is 0 Å². The van der Waals surface area contributed by atoms with Crippen LogP contribution in [0.3, 0.4) is 0 Å². The van der Waals surface area contributed by atoms with Gasteiger partial charge < -0.3 is 0 Å². The third-order valence-corrected chi connectivity index (χ3v) is 2.97. The van der Waals surface area contributed by atoms with Gasteiger partial charge in [0.1, 0.15) is 22.4 Å². The molecule has 9 heteroatoms. The average molecular weight is 268 g/mol. The van der Waals surface area contributed by atoms with Crippen molar-refractivity contribution in [2.75, 3.05) is 0 Å². The normalized spacial score (nSPS) is 11.5. The highest BCUT2D eigenvalue weighted by Crippen LogP contribution is 2.30. The Kier molecular flexibility index (Phi) is 3.42. The molecule has 16 heavy (non-hydrogen) atoms. The maximum absolute atomic E-state index is 12.5.